The minimum absolute atomic E-state index is 0.183. The maximum atomic E-state index is 6.40. The van der Waals surface area contributed by atoms with Gasteiger partial charge in [0.05, 0.1) is 11.7 Å². The van der Waals surface area contributed by atoms with E-state index in [0.29, 0.717) is 16.9 Å². The summed E-state index contributed by atoms with van der Waals surface area (Å²) in [5.41, 5.74) is 1.20. The highest BCUT2D eigenvalue weighted by molar-refractivity contribution is 5.12. The molecule has 1 aliphatic heterocycles. The second kappa shape index (κ2) is 3.29. The average molecular weight is 236 g/mol. The van der Waals surface area contributed by atoms with Gasteiger partial charge < -0.3 is 4.74 Å². The molecule has 0 amide bonds. The topological polar surface area (TPSA) is 9.23 Å². The van der Waals surface area contributed by atoms with E-state index in [1.54, 1.807) is 0 Å². The molecule has 17 heavy (non-hydrogen) atoms. The zero-order valence-electron chi connectivity index (χ0n) is 12.2. The van der Waals surface area contributed by atoms with E-state index >= 15 is 0 Å². The van der Waals surface area contributed by atoms with Gasteiger partial charge in [-0.3, -0.25) is 0 Å². The summed E-state index contributed by atoms with van der Waals surface area (Å²) in [5, 5.41) is 0. The Labute approximate surface area is 106 Å². The van der Waals surface area contributed by atoms with E-state index in [4.69, 9.17) is 4.74 Å². The molecule has 1 spiro atoms. The van der Waals surface area contributed by atoms with Gasteiger partial charge in [-0.05, 0) is 63.2 Å². The molecule has 3 fully saturated rings. The maximum Gasteiger partial charge on any atom is 0.0667 e. The Balaban J connectivity index is 2.00. The van der Waals surface area contributed by atoms with E-state index in [-0.39, 0.29) is 5.60 Å². The SMILES string of the molecule is CC1CC2(C)CC3(CC(C)(C)CCC13)C(C)O2. The molecular formula is C16H28O. The molecule has 0 N–H and O–H groups in total. The first kappa shape index (κ1) is 12.0. The van der Waals surface area contributed by atoms with Gasteiger partial charge in [0.1, 0.15) is 0 Å². The number of hydrogen-bond donors (Lipinski definition) is 0. The predicted molar refractivity (Wildman–Crippen MR) is 70.9 cm³/mol. The number of ether oxygens (including phenoxy) is 1. The van der Waals surface area contributed by atoms with Gasteiger partial charge in [0.25, 0.3) is 0 Å². The minimum atomic E-state index is 0.183. The van der Waals surface area contributed by atoms with Crippen LogP contribution in [0.5, 0.6) is 0 Å². The third kappa shape index (κ3) is 1.61. The van der Waals surface area contributed by atoms with E-state index in [2.05, 4.69) is 34.6 Å². The van der Waals surface area contributed by atoms with Crippen molar-refractivity contribution < 1.29 is 4.74 Å². The largest absolute Gasteiger partial charge is 0.372 e. The van der Waals surface area contributed by atoms with E-state index in [0.717, 1.165) is 11.8 Å². The van der Waals surface area contributed by atoms with Crippen LogP contribution in [0.4, 0.5) is 0 Å². The van der Waals surface area contributed by atoms with Crippen molar-refractivity contribution in [1.29, 1.82) is 0 Å². The Morgan fingerprint density at radius 2 is 1.76 bits per heavy atom. The van der Waals surface area contributed by atoms with E-state index in [1.165, 1.54) is 32.1 Å². The number of fused-ring (bicyclic) bond motifs is 1. The zero-order valence-corrected chi connectivity index (χ0v) is 12.2. The van der Waals surface area contributed by atoms with Crippen LogP contribution in [0.25, 0.3) is 0 Å². The Hall–Kier alpha value is -0.0400. The lowest BCUT2D eigenvalue weighted by Gasteiger charge is -2.54. The molecule has 1 heteroatoms. The van der Waals surface area contributed by atoms with Crippen molar-refractivity contribution in [3.63, 3.8) is 0 Å². The smallest absolute Gasteiger partial charge is 0.0667 e. The first-order valence-corrected chi connectivity index (χ1v) is 7.44. The fourth-order valence-corrected chi connectivity index (χ4v) is 5.80. The first-order valence-electron chi connectivity index (χ1n) is 7.44. The van der Waals surface area contributed by atoms with Crippen molar-refractivity contribution in [3.8, 4) is 0 Å². The summed E-state index contributed by atoms with van der Waals surface area (Å²) in [4.78, 5) is 0. The molecule has 2 aliphatic carbocycles. The number of rotatable bonds is 0. The Bertz CT molecular complexity index is 334. The summed E-state index contributed by atoms with van der Waals surface area (Å²) in [5.74, 6) is 1.77. The van der Waals surface area contributed by atoms with Gasteiger partial charge in [0.15, 0.2) is 0 Å². The van der Waals surface area contributed by atoms with Gasteiger partial charge >= 0.3 is 0 Å². The normalized spacial score (nSPS) is 56.6. The van der Waals surface area contributed by atoms with Gasteiger partial charge in [0.2, 0.25) is 0 Å². The lowest BCUT2D eigenvalue weighted by molar-refractivity contribution is -0.0466. The highest BCUT2D eigenvalue weighted by Crippen LogP contribution is 2.66. The molecule has 0 radical (unpaired) electrons. The van der Waals surface area contributed by atoms with Gasteiger partial charge in [-0.15, -0.1) is 0 Å². The van der Waals surface area contributed by atoms with Crippen LogP contribution < -0.4 is 0 Å². The molecule has 98 valence electrons. The van der Waals surface area contributed by atoms with E-state index in [9.17, 15) is 0 Å². The van der Waals surface area contributed by atoms with Crippen LogP contribution >= 0.6 is 0 Å². The second-order valence-electron chi connectivity index (χ2n) is 8.29. The predicted octanol–water partition coefficient (Wildman–Crippen LogP) is 4.41. The van der Waals surface area contributed by atoms with Crippen molar-refractivity contribution in [2.45, 2.75) is 78.4 Å². The summed E-state index contributed by atoms with van der Waals surface area (Å²) in [6.45, 7) is 12.1. The molecular weight excluding hydrogens is 208 g/mol. The lowest BCUT2D eigenvalue weighted by atomic mass is 9.49. The molecule has 1 saturated heterocycles. The van der Waals surface area contributed by atoms with E-state index < -0.39 is 0 Å². The van der Waals surface area contributed by atoms with Gasteiger partial charge in [-0.1, -0.05) is 20.8 Å². The Morgan fingerprint density at radius 1 is 1.06 bits per heavy atom. The third-order valence-electron chi connectivity index (χ3n) is 6.09. The lowest BCUT2D eigenvalue weighted by Crippen LogP contribution is -2.50. The molecule has 2 bridgehead atoms. The zero-order chi connectivity index (χ0) is 12.5. The van der Waals surface area contributed by atoms with Crippen LogP contribution in [0.1, 0.15) is 66.7 Å². The van der Waals surface area contributed by atoms with Crippen LogP contribution in [0.2, 0.25) is 0 Å². The van der Waals surface area contributed by atoms with Crippen molar-refractivity contribution >= 4 is 0 Å². The highest BCUT2D eigenvalue weighted by Gasteiger charge is 2.63. The van der Waals surface area contributed by atoms with E-state index in [1.807, 2.05) is 0 Å². The fourth-order valence-electron chi connectivity index (χ4n) is 5.80. The van der Waals surface area contributed by atoms with Crippen LogP contribution in [0.15, 0.2) is 0 Å². The standard InChI is InChI=1S/C16H28O/c1-11-8-15(5)10-16(12(2)17-15)9-14(3,4)7-6-13(11)16/h11-13H,6-10H2,1-5H3. The van der Waals surface area contributed by atoms with Crippen molar-refractivity contribution in [2.75, 3.05) is 0 Å². The summed E-state index contributed by atoms with van der Waals surface area (Å²) < 4.78 is 6.40. The van der Waals surface area contributed by atoms with Crippen LogP contribution in [0, 0.1) is 22.7 Å². The molecule has 0 aromatic carbocycles. The molecule has 2 saturated carbocycles. The molecule has 5 atom stereocenters. The molecule has 3 aliphatic rings. The molecule has 0 aromatic heterocycles. The second-order valence-corrected chi connectivity index (χ2v) is 8.29. The van der Waals surface area contributed by atoms with Gasteiger partial charge in [-0.25, -0.2) is 0 Å². The summed E-state index contributed by atoms with van der Waals surface area (Å²) in [7, 11) is 0. The summed E-state index contributed by atoms with van der Waals surface area (Å²) >= 11 is 0. The van der Waals surface area contributed by atoms with Crippen LogP contribution in [-0.4, -0.2) is 11.7 Å². The first-order chi connectivity index (χ1) is 7.77. The third-order valence-corrected chi connectivity index (χ3v) is 6.09. The molecule has 3 rings (SSSR count). The van der Waals surface area contributed by atoms with Crippen molar-refractivity contribution in [3.05, 3.63) is 0 Å². The highest BCUT2D eigenvalue weighted by atomic mass is 16.5. The van der Waals surface area contributed by atoms with Crippen LogP contribution in [0.3, 0.4) is 0 Å². The van der Waals surface area contributed by atoms with Crippen LogP contribution in [-0.2, 0) is 4.74 Å². The average Bonchev–Trinajstić information content (AvgIpc) is 2.31. The minimum Gasteiger partial charge on any atom is -0.372 e. The monoisotopic (exact) mass is 236 g/mol. The Morgan fingerprint density at radius 3 is 2.47 bits per heavy atom. The van der Waals surface area contributed by atoms with Crippen molar-refractivity contribution in [2.24, 2.45) is 22.7 Å². The van der Waals surface area contributed by atoms with Gasteiger partial charge in [-0.2, -0.15) is 0 Å². The maximum absolute atomic E-state index is 6.40. The quantitative estimate of drug-likeness (QED) is 0.605. The Kier molecular flexibility index (Phi) is 2.32. The summed E-state index contributed by atoms with van der Waals surface area (Å²) in [6, 6.07) is 0. The van der Waals surface area contributed by atoms with Gasteiger partial charge in [0, 0.05) is 5.41 Å². The fraction of sp³-hybridized carbons (Fsp3) is 1.00. The molecule has 0 aromatic rings. The molecule has 5 unspecified atom stereocenters. The van der Waals surface area contributed by atoms with Crippen molar-refractivity contribution in [1.82, 2.24) is 0 Å². The number of hydrogen-bond acceptors (Lipinski definition) is 1. The summed E-state index contributed by atoms with van der Waals surface area (Å²) in [6.07, 6.45) is 7.29. The molecule has 1 nitrogen and oxygen atoms in total. The molecule has 1 heterocycles.